The molecule has 0 N–H and O–H groups in total. The molecule has 0 bridgehead atoms. The second kappa shape index (κ2) is 62.4. The molecule has 0 aromatic rings. The Morgan fingerprint density at radius 2 is 0.486 bits per heavy atom. The van der Waals surface area contributed by atoms with Crippen molar-refractivity contribution in [1.29, 1.82) is 0 Å². The van der Waals surface area contributed by atoms with Crippen molar-refractivity contribution in [2.24, 2.45) is 0 Å². The van der Waals surface area contributed by atoms with Crippen molar-refractivity contribution in [3.63, 3.8) is 0 Å². The van der Waals surface area contributed by atoms with Crippen LogP contribution in [0.4, 0.5) is 0 Å². The van der Waals surface area contributed by atoms with E-state index in [-0.39, 0.29) is 31.1 Å². The molecule has 0 aliphatic carbocycles. The number of carbonyl (C=O) groups excluding carboxylic acids is 3. The monoisotopic (exact) mass is 1030 g/mol. The minimum absolute atomic E-state index is 0.0792. The SMILES string of the molecule is CCCCCCC/C=C\C/C=C\C/C=C\CCCCCCCCCCCCCCC(=O)OCC(COC(=O)CCCCCCCCCC)OC(=O)CCCCCCCC/C=C\C/C=C\C/C=C\CCCCCCC. The van der Waals surface area contributed by atoms with Crippen molar-refractivity contribution in [3.05, 3.63) is 72.9 Å². The molecular weight excluding hydrogens is 913 g/mol. The lowest BCUT2D eigenvalue weighted by atomic mass is 10.0. The van der Waals surface area contributed by atoms with Crippen molar-refractivity contribution in [2.45, 2.75) is 329 Å². The fourth-order valence-electron chi connectivity index (χ4n) is 9.11. The molecule has 0 saturated heterocycles. The van der Waals surface area contributed by atoms with E-state index in [4.69, 9.17) is 14.2 Å². The molecule has 74 heavy (non-hydrogen) atoms. The lowest BCUT2D eigenvalue weighted by Crippen LogP contribution is -2.30. The lowest BCUT2D eigenvalue weighted by Gasteiger charge is -2.18. The zero-order valence-electron chi connectivity index (χ0n) is 49.1. The van der Waals surface area contributed by atoms with E-state index in [1.54, 1.807) is 0 Å². The normalized spacial score (nSPS) is 12.5. The number of rotatable bonds is 58. The number of esters is 3. The number of hydrogen-bond acceptors (Lipinski definition) is 6. The third kappa shape index (κ3) is 59.7. The van der Waals surface area contributed by atoms with Crippen LogP contribution in [-0.4, -0.2) is 37.2 Å². The Bertz CT molecular complexity index is 1370. The Morgan fingerprint density at radius 1 is 0.270 bits per heavy atom. The maximum absolute atomic E-state index is 12.9. The molecule has 0 radical (unpaired) electrons. The molecule has 0 fully saturated rings. The highest BCUT2D eigenvalue weighted by atomic mass is 16.6. The van der Waals surface area contributed by atoms with Crippen molar-refractivity contribution >= 4 is 17.9 Å². The van der Waals surface area contributed by atoms with Crippen LogP contribution in [0.3, 0.4) is 0 Å². The summed E-state index contributed by atoms with van der Waals surface area (Å²) in [7, 11) is 0. The van der Waals surface area contributed by atoms with Gasteiger partial charge in [0.05, 0.1) is 0 Å². The Balaban J connectivity index is 4.19. The van der Waals surface area contributed by atoms with E-state index in [1.807, 2.05) is 0 Å². The van der Waals surface area contributed by atoms with Crippen LogP contribution < -0.4 is 0 Å². The molecule has 0 aromatic heterocycles. The number of hydrogen-bond donors (Lipinski definition) is 0. The van der Waals surface area contributed by atoms with Gasteiger partial charge in [-0.05, 0) is 96.3 Å². The van der Waals surface area contributed by atoms with Gasteiger partial charge in [0, 0.05) is 19.3 Å². The molecule has 6 heteroatoms. The highest BCUT2D eigenvalue weighted by Gasteiger charge is 2.19. The predicted octanol–water partition coefficient (Wildman–Crippen LogP) is 21.7. The van der Waals surface area contributed by atoms with Crippen molar-refractivity contribution in [3.8, 4) is 0 Å². The van der Waals surface area contributed by atoms with Gasteiger partial charge in [-0.3, -0.25) is 14.4 Å². The summed E-state index contributed by atoms with van der Waals surface area (Å²) in [5.41, 5.74) is 0. The third-order valence-electron chi connectivity index (χ3n) is 13.9. The second-order valence-electron chi connectivity index (χ2n) is 21.3. The summed E-state index contributed by atoms with van der Waals surface area (Å²) in [6.07, 6.45) is 80.6. The van der Waals surface area contributed by atoms with Crippen LogP contribution >= 0.6 is 0 Å². The van der Waals surface area contributed by atoms with E-state index in [2.05, 4.69) is 93.7 Å². The highest BCUT2D eigenvalue weighted by Crippen LogP contribution is 2.16. The first-order chi connectivity index (χ1) is 36.5. The highest BCUT2D eigenvalue weighted by molar-refractivity contribution is 5.71. The molecule has 1 unspecified atom stereocenters. The van der Waals surface area contributed by atoms with Crippen LogP contribution in [0.1, 0.15) is 323 Å². The zero-order chi connectivity index (χ0) is 53.6. The zero-order valence-corrected chi connectivity index (χ0v) is 49.1. The minimum Gasteiger partial charge on any atom is -0.462 e. The van der Waals surface area contributed by atoms with Gasteiger partial charge in [0.25, 0.3) is 0 Å². The van der Waals surface area contributed by atoms with E-state index in [1.165, 1.54) is 186 Å². The van der Waals surface area contributed by atoms with Gasteiger partial charge >= 0.3 is 17.9 Å². The summed E-state index contributed by atoms with van der Waals surface area (Å²) in [6, 6.07) is 0. The van der Waals surface area contributed by atoms with Crippen LogP contribution in [0.2, 0.25) is 0 Å². The molecule has 1 atom stereocenters. The van der Waals surface area contributed by atoms with Gasteiger partial charge in [-0.15, -0.1) is 0 Å². The Labute approximate surface area is 459 Å². The van der Waals surface area contributed by atoms with E-state index >= 15 is 0 Å². The average molecular weight is 1030 g/mol. The van der Waals surface area contributed by atoms with Crippen LogP contribution in [0.25, 0.3) is 0 Å². The molecule has 428 valence electrons. The molecular formula is C68H120O6. The van der Waals surface area contributed by atoms with Gasteiger partial charge in [0.15, 0.2) is 6.10 Å². The van der Waals surface area contributed by atoms with Crippen molar-refractivity contribution in [2.75, 3.05) is 13.2 Å². The van der Waals surface area contributed by atoms with Crippen LogP contribution in [-0.2, 0) is 28.6 Å². The number of allylic oxidation sites excluding steroid dienone is 12. The van der Waals surface area contributed by atoms with E-state index in [9.17, 15) is 14.4 Å². The fourth-order valence-corrected chi connectivity index (χ4v) is 9.11. The number of carbonyl (C=O) groups is 3. The summed E-state index contributed by atoms with van der Waals surface area (Å²) in [6.45, 7) is 6.60. The van der Waals surface area contributed by atoms with E-state index in [0.29, 0.717) is 19.3 Å². The topological polar surface area (TPSA) is 78.9 Å². The molecule has 0 heterocycles. The van der Waals surface area contributed by atoms with Crippen molar-refractivity contribution in [1.82, 2.24) is 0 Å². The van der Waals surface area contributed by atoms with Crippen LogP contribution in [0.5, 0.6) is 0 Å². The molecule has 0 aliphatic heterocycles. The van der Waals surface area contributed by atoms with Gasteiger partial charge in [-0.2, -0.15) is 0 Å². The fraction of sp³-hybridized carbons (Fsp3) is 0.779. The molecule has 0 spiro atoms. The van der Waals surface area contributed by atoms with Crippen LogP contribution in [0, 0.1) is 0 Å². The van der Waals surface area contributed by atoms with E-state index in [0.717, 1.165) is 96.3 Å². The summed E-state index contributed by atoms with van der Waals surface area (Å²) in [5.74, 6) is -0.886. The van der Waals surface area contributed by atoms with Gasteiger partial charge in [-0.1, -0.05) is 280 Å². The Kier molecular flexibility index (Phi) is 59.7. The molecule has 0 amide bonds. The second-order valence-corrected chi connectivity index (χ2v) is 21.3. The summed E-state index contributed by atoms with van der Waals surface area (Å²) < 4.78 is 16.9. The largest absolute Gasteiger partial charge is 0.462 e. The summed E-state index contributed by atoms with van der Waals surface area (Å²) in [5, 5.41) is 0. The predicted molar refractivity (Wildman–Crippen MR) is 321 cm³/mol. The molecule has 0 rings (SSSR count). The van der Waals surface area contributed by atoms with Gasteiger partial charge in [0.1, 0.15) is 13.2 Å². The summed E-state index contributed by atoms with van der Waals surface area (Å²) >= 11 is 0. The quantitative estimate of drug-likeness (QED) is 0.0261. The first-order valence-corrected chi connectivity index (χ1v) is 31.9. The number of unbranched alkanes of at least 4 members (excludes halogenated alkanes) is 35. The minimum atomic E-state index is -0.781. The maximum Gasteiger partial charge on any atom is 0.306 e. The molecule has 6 nitrogen and oxygen atoms in total. The molecule has 0 aromatic carbocycles. The van der Waals surface area contributed by atoms with Gasteiger partial charge in [0.2, 0.25) is 0 Å². The first kappa shape index (κ1) is 70.8. The smallest absolute Gasteiger partial charge is 0.306 e. The third-order valence-corrected chi connectivity index (χ3v) is 13.9. The Morgan fingerprint density at radius 3 is 0.757 bits per heavy atom. The van der Waals surface area contributed by atoms with Crippen molar-refractivity contribution < 1.29 is 28.6 Å². The molecule has 0 saturated carbocycles. The van der Waals surface area contributed by atoms with Gasteiger partial charge in [-0.25, -0.2) is 0 Å². The summed E-state index contributed by atoms with van der Waals surface area (Å²) in [4.78, 5) is 38.1. The average Bonchev–Trinajstić information content (AvgIpc) is 3.40. The standard InChI is InChI=1S/C68H120O6/c1-4-7-10-13-16-19-21-23-25-27-29-31-32-33-34-35-36-38-39-41-43-45-47-49-52-55-58-61-67(70)73-64-65(63-72-66(69)60-57-54-51-18-15-12-9-6-3)74-68(71)62-59-56-53-50-48-46-44-42-40-37-30-28-26-24-22-20-17-14-11-8-5-2/h21-24,27-30,32-33,40,42,65H,4-20,25-26,31,34-39,41,43-64H2,1-3H3/b23-21-,24-22-,29-27-,30-28-,33-32-,42-40-. The molecule has 0 aliphatic rings. The lowest BCUT2D eigenvalue weighted by molar-refractivity contribution is -0.167. The van der Waals surface area contributed by atoms with E-state index < -0.39 is 6.10 Å². The number of ether oxygens (including phenoxy) is 3. The van der Waals surface area contributed by atoms with Crippen LogP contribution in [0.15, 0.2) is 72.9 Å². The first-order valence-electron chi connectivity index (χ1n) is 31.9. The van der Waals surface area contributed by atoms with Gasteiger partial charge < -0.3 is 14.2 Å². The maximum atomic E-state index is 12.9. The Hall–Kier alpha value is -3.15.